The fraction of sp³-hybridized carbons (Fsp3) is 0.625. The van der Waals surface area contributed by atoms with Gasteiger partial charge in [-0.15, -0.1) is 0 Å². The van der Waals surface area contributed by atoms with Crippen molar-refractivity contribution in [3.8, 4) is 0 Å². The van der Waals surface area contributed by atoms with Crippen molar-refractivity contribution in [2.24, 2.45) is 5.92 Å². The number of halogens is 2. The van der Waals surface area contributed by atoms with E-state index in [1.54, 1.807) is 20.8 Å². The number of amides is 2. The Morgan fingerprint density at radius 3 is 2.49 bits per heavy atom. The molecule has 2 heterocycles. The highest BCUT2D eigenvalue weighted by Gasteiger charge is 2.51. The first kappa shape index (κ1) is 31.6. The van der Waals surface area contributed by atoms with Gasteiger partial charge in [-0.05, 0) is 39.2 Å². The molecule has 15 heteroatoms. The number of aromatic nitrogens is 2. The summed E-state index contributed by atoms with van der Waals surface area (Å²) >= 11 is 0. The molecule has 0 aliphatic carbocycles. The molecule has 2 rings (SSSR count). The minimum Gasteiger partial charge on any atom is -0.507 e. The second-order valence-corrected chi connectivity index (χ2v) is 10.2. The summed E-state index contributed by atoms with van der Waals surface area (Å²) in [5, 5.41) is 23.7. The van der Waals surface area contributed by atoms with E-state index in [2.05, 4.69) is 15.6 Å². The maximum absolute atomic E-state index is 14.6. The van der Waals surface area contributed by atoms with Gasteiger partial charge in [-0.25, -0.2) is 23.2 Å². The molecule has 1 aliphatic rings. The lowest BCUT2D eigenvalue weighted by Crippen LogP contribution is -2.46. The number of nitrogens with zero attached hydrogens (tertiary/aromatic N) is 2. The molecule has 218 valence electrons. The summed E-state index contributed by atoms with van der Waals surface area (Å²) < 4.78 is 44.3. The normalized spacial score (nSPS) is 20.1. The van der Waals surface area contributed by atoms with Crippen LogP contribution < -0.4 is 16.3 Å². The number of esters is 1. The molecule has 0 spiro atoms. The second-order valence-electron chi connectivity index (χ2n) is 10.2. The van der Waals surface area contributed by atoms with Crippen molar-refractivity contribution in [1.82, 2.24) is 14.9 Å². The van der Waals surface area contributed by atoms with E-state index in [0.29, 0.717) is 4.57 Å². The summed E-state index contributed by atoms with van der Waals surface area (Å²) in [6.07, 6.45) is -2.07. The third-order valence-corrected chi connectivity index (χ3v) is 5.21. The summed E-state index contributed by atoms with van der Waals surface area (Å²) in [6.45, 7) is 6.18. The molecule has 0 bridgehead atoms. The predicted octanol–water partition coefficient (Wildman–Crippen LogP) is 1.81. The van der Waals surface area contributed by atoms with E-state index in [9.17, 15) is 38.2 Å². The highest BCUT2D eigenvalue weighted by molar-refractivity contribution is 5.90. The van der Waals surface area contributed by atoms with Crippen molar-refractivity contribution in [2.75, 3.05) is 25.2 Å². The van der Waals surface area contributed by atoms with Gasteiger partial charge in [0.1, 0.15) is 30.2 Å². The maximum Gasteiger partial charge on any atom is 0.408 e. The number of hydrogen-bond acceptors (Lipinski definition) is 10. The Morgan fingerprint density at radius 2 is 1.97 bits per heavy atom. The number of carbonyl (C=O) groups excluding carboxylic acids is 3. The molecule has 0 radical (unpaired) electrons. The first-order chi connectivity index (χ1) is 18.1. The predicted molar refractivity (Wildman–Crippen MR) is 132 cm³/mol. The van der Waals surface area contributed by atoms with E-state index < -0.39 is 72.0 Å². The van der Waals surface area contributed by atoms with Crippen molar-refractivity contribution in [3.05, 3.63) is 34.3 Å². The fourth-order valence-electron chi connectivity index (χ4n) is 3.40. The highest BCUT2D eigenvalue weighted by Crippen LogP contribution is 2.39. The molecule has 39 heavy (non-hydrogen) atoms. The van der Waals surface area contributed by atoms with Gasteiger partial charge < -0.3 is 35.1 Å². The molecule has 2 unspecified atom stereocenters. The first-order valence-corrected chi connectivity index (χ1v) is 12.1. The van der Waals surface area contributed by atoms with Crippen LogP contribution in [-0.4, -0.2) is 75.4 Å². The lowest BCUT2D eigenvalue weighted by molar-refractivity contribution is -0.147. The molecule has 0 aromatic carbocycles. The van der Waals surface area contributed by atoms with Gasteiger partial charge in [-0.1, -0.05) is 13.8 Å². The molecule has 0 saturated carbocycles. The lowest BCUT2D eigenvalue weighted by atomic mass is 10.1. The zero-order valence-corrected chi connectivity index (χ0v) is 22.3. The van der Waals surface area contributed by atoms with Gasteiger partial charge in [0.2, 0.25) is 11.6 Å². The zero-order chi connectivity index (χ0) is 29.5. The van der Waals surface area contributed by atoms with Crippen LogP contribution in [0.1, 0.15) is 47.5 Å². The lowest BCUT2D eigenvalue weighted by Gasteiger charge is -2.27. The molecule has 1 aromatic rings. The van der Waals surface area contributed by atoms with Crippen LogP contribution >= 0.6 is 0 Å². The first-order valence-electron chi connectivity index (χ1n) is 12.1. The van der Waals surface area contributed by atoms with Gasteiger partial charge >= 0.3 is 17.8 Å². The Balaban J connectivity index is 2.11. The molecule has 13 nitrogen and oxygen atoms in total. The van der Waals surface area contributed by atoms with Crippen molar-refractivity contribution in [2.45, 2.75) is 70.9 Å². The van der Waals surface area contributed by atoms with Crippen molar-refractivity contribution in [3.63, 3.8) is 0 Å². The maximum atomic E-state index is 14.6. The molecular formula is C24H34F2N4O9. The summed E-state index contributed by atoms with van der Waals surface area (Å²) in [5.41, 5.74) is -4.73. The molecule has 3 atom stereocenters. The minimum absolute atomic E-state index is 0.0289. The van der Waals surface area contributed by atoms with E-state index in [4.69, 9.17) is 14.2 Å². The molecule has 1 aromatic heterocycles. The van der Waals surface area contributed by atoms with Gasteiger partial charge in [0, 0.05) is 12.6 Å². The van der Waals surface area contributed by atoms with Crippen LogP contribution in [0.15, 0.2) is 28.6 Å². The second kappa shape index (κ2) is 13.0. The number of anilines is 1. The number of aliphatic hydroxyl groups excluding tert-OH is 2. The molecule has 0 fully saturated rings. The van der Waals surface area contributed by atoms with Gasteiger partial charge in [0.15, 0.2) is 11.6 Å². The SMILES string of the molecule is CC(C)COC(=O)C(CCC(=O)Nc1ccn(C2(CF)O[C@H](CO)C(O)=C2F)c(=O)n1)NC(=O)OC(C)(C)C. The third kappa shape index (κ3) is 8.20. The number of alkyl carbamates (subject to hydrolysis) is 1. The van der Waals surface area contributed by atoms with Crippen molar-refractivity contribution < 1.29 is 47.6 Å². The number of hydrogen-bond donors (Lipinski definition) is 4. The van der Waals surface area contributed by atoms with Crippen LogP contribution in [0.5, 0.6) is 0 Å². The fourth-order valence-corrected chi connectivity index (χ4v) is 3.40. The molecule has 2 amide bonds. The number of carbonyl (C=O) groups is 3. The summed E-state index contributed by atoms with van der Waals surface area (Å²) in [5.74, 6) is -4.27. The summed E-state index contributed by atoms with van der Waals surface area (Å²) in [6, 6.07) is -0.152. The average Bonchev–Trinajstić information content (AvgIpc) is 3.09. The molecule has 4 N–H and O–H groups in total. The Morgan fingerprint density at radius 1 is 1.31 bits per heavy atom. The largest absolute Gasteiger partial charge is 0.507 e. The Labute approximate surface area is 223 Å². The highest BCUT2D eigenvalue weighted by atomic mass is 19.1. The van der Waals surface area contributed by atoms with E-state index in [0.717, 1.165) is 12.3 Å². The van der Waals surface area contributed by atoms with Gasteiger partial charge in [-0.2, -0.15) is 4.98 Å². The van der Waals surface area contributed by atoms with E-state index in [1.807, 2.05) is 13.8 Å². The standard InChI is InChI=1S/C24H34F2N4O9/c1-13(2)11-37-20(34)14(27-22(36)39-23(3,4)5)6-7-17(32)28-16-8-9-30(21(35)29-16)24(12-25)19(26)18(33)15(10-31)38-24/h8-9,13-15,31,33H,6-7,10-12H2,1-5H3,(H,27,36)(H,28,29,32,35)/t14?,15-,24?/m1/s1. The van der Waals surface area contributed by atoms with E-state index in [1.165, 1.54) is 0 Å². The number of alkyl halides is 1. The minimum atomic E-state index is -2.67. The van der Waals surface area contributed by atoms with Crippen molar-refractivity contribution in [1.29, 1.82) is 0 Å². The number of nitrogens with one attached hydrogen (secondary N) is 2. The smallest absolute Gasteiger partial charge is 0.408 e. The van der Waals surface area contributed by atoms with Crippen LogP contribution in [0.25, 0.3) is 0 Å². The number of aliphatic hydroxyl groups is 2. The average molecular weight is 561 g/mol. The van der Waals surface area contributed by atoms with E-state index >= 15 is 0 Å². The quantitative estimate of drug-likeness (QED) is 0.292. The molecular weight excluding hydrogens is 526 g/mol. The van der Waals surface area contributed by atoms with Crippen LogP contribution in [-0.2, 0) is 29.5 Å². The van der Waals surface area contributed by atoms with Crippen molar-refractivity contribution >= 4 is 23.8 Å². The van der Waals surface area contributed by atoms with Gasteiger partial charge in [0.05, 0.1) is 13.2 Å². The number of ether oxygens (including phenoxy) is 3. The van der Waals surface area contributed by atoms with Gasteiger partial charge in [0.25, 0.3) is 0 Å². The van der Waals surface area contributed by atoms with Crippen LogP contribution in [0, 0.1) is 5.92 Å². The van der Waals surface area contributed by atoms with Gasteiger partial charge in [-0.3, -0.25) is 9.36 Å². The Hall–Kier alpha value is -3.59. The zero-order valence-electron chi connectivity index (χ0n) is 22.3. The van der Waals surface area contributed by atoms with Crippen LogP contribution in [0.4, 0.5) is 19.4 Å². The Kier molecular flexibility index (Phi) is 10.5. The van der Waals surface area contributed by atoms with Crippen LogP contribution in [0.3, 0.4) is 0 Å². The number of rotatable bonds is 11. The van der Waals surface area contributed by atoms with E-state index in [-0.39, 0.29) is 31.2 Å². The third-order valence-electron chi connectivity index (χ3n) is 5.21. The summed E-state index contributed by atoms with van der Waals surface area (Å²) in [4.78, 5) is 53.3. The molecule has 0 saturated heterocycles. The monoisotopic (exact) mass is 560 g/mol. The molecule has 1 aliphatic heterocycles. The summed E-state index contributed by atoms with van der Waals surface area (Å²) in [7, 11) is 0. The Bertz CT molecular complexity index is 1150. The van der Waals surface area contributed by atoms with Crippen LogP contribution in [0.2, 0.25) is 0 Å². The topological polar surface area (TPSA) is 178 Å².